The molecule has 0 radical (unpaired) electrons. The zero-order chi connectivity index (χ0) is 23.3. The molecule has 3 aliphatic heterocycles. The molecule has 2 fully saturated rings. The van der Waals surface area contributed by atoms with Crippen molar-refractivity contribution < 1.29 is 17.9 Å². The number of sulfonamides is 1. The fraction of sp³-hybridized carbons (Fsp3) is 0.385. The van der Waals surface area contributed by atoms with Crippen LogP contribution in [0.3, 0.4) is 0 Å². The summed E-state index contributed by atoms with van der Waals surface area (Å²) in [5.41, 5.74) is 3.22. The molecule has 34 heavy (non-hydrogen) atoms. The van der Waals surface area contributed by atoms with Gasteiger partial charge in [-0.15, -0.1) is 0 Å². The van der Waals surface area contributed by atoms with E-state index in [-0.39, 0.29) is 6.17 Å². The average Bonchev–Trinajstić information content (AvgIpc) is 3.46. The lowest BCUT2D eigenvalue weighted by Crippen LogP contribution is -2.40. The summed E-state index contributed by atoms with van der Waals surface area (Å²) < 4.78 is 39.4. The number of hydrogen-bond acceptors (Lipinski definition) is 6. The molecular weight excluding hydrogens is 450 g/mol. The molecule has 0 saturated carbocycles. The van der Waals surface area contributed by atoms with Crippen molar-refractivity contribution in [1.82, 2.24) is 4.31 Å². The average molecular weight is 480 g/mol. The van der Waals surface area contributed by atoms with E-state index in [4.69, 9.17) is 9.47 Å². The lowest BCUT2D eigenvalue weighted by molar-refractivity contribution is 0.0730. The highest BCUT2D eigenvalue weighted by molar-refractivity contribution is 7.89. The molecular formula is C26H29N3O4S. The van der Waals surface area contributed by atoms with Crippen molar-refractivity contribution in [2.45, 2.75) is 30.4 Å². The SMILES string of the molecule is COc1ccc2ccccc2c1CN1c2cc(S(=O)(=O)N3CCOCC3)ccc2N2CCCC21. The van der Waals surface area contributed by atoms with Crippen molar-refractivity contribution in [3.8, 4) is 5.75 Å². The van der Waals surface area contributed by atoms with Crippen molar-refractivity contribution in [3.63, 3.8) is 0 Å². The fourth-order valence-corrected chi connectivity index (χ4v) is 7.05. The maximum Gasteiger partial charge on any atom is 0.243 e. The van der Waals surface area contributed by atoms with Gasteiger partial charge >= 0.3 is 0 Å². The Morgan fingerprint density at radius 1 is 1.00 bits per heavy atom. The smallest absolute Gasteiger partial charge is 0.243 e. The lowest BCUT2D eigenvalue weighted by Gasteiger charge is -2.29. The van der Waals surface area contributed by atoms with Gasteiger partial charge < -0.3 is 19.3 Å². The zero-order valence-electron chi connectivity index (χ0n) is 19.3. The monoisotopic (exact) mass is 479 g/mol. The molecule has 8 heteroatoms. The predicted octanol–water partition coefficient (Wildman–Crippen LogP) is 3.82. The molecule has 0 aliphatic carbocycles. The molecule has 0 bridgehead atoms. The van der Waals surface area contributed by atoms with Crippen LogP contribution >= 0.6 is 0 Å². The number of nitrogens with zero attached hydrogens (tertiary/aromatic N) is 3. The van der Waals surface area contributed by atoms with Crippen LogP contribution in [0.15, 0.2) is 59.5 Å². The summed E-state index contributed by atoms with van der Waals surface area (Å²) in [6.45, 7) is 3.30. The molecule has 0 aromatic heterocycles. The van der Waals surface area contributed by atoms with Crippen LogP contribution in [0, 0.1) is 0 Å². The van der Waals surface area contributed by atoms with Gasteiger partial charge in [0, 0.05) is 31.7 Å². The van der Waals surface area contributed by atoms with Gasteiger partial charge in [-0.25, -0.2) is 8.42 Å². The predicted molar refractivity (Wildman–Crippen MR) is 133 cm³/mol. The van der Waals surface area contributed by atoms with Gasteiger partial charge in [-0.2, -0.15) is 4.31 Å². The first kappa shape index (κ1) is 21.7. The van der Waals surface area contributed by atoms with Crippen LogP contribution in [-0.4, -0.2) is 58.8 Å². The van der Waals surface area contributed by atoms with Crippen LogP contribution < -0.4 is 14.5 Å². The molecule has 6 rings (SSSR count). The summed E-state index contributed by atoms with van der Waals surface area (Å²) in [4.78, 5) is 5.13. The number of rotatable bonds is 5. The molecule has 0 N–H and O–H groups in total. The Morgan fingerprint density at radius 3 is 2.65 bits per heavy atom. The second kappa shape index (κ2) is 8.45. The third-order valence-electron chi connectivity index (χ3n) is 7.30. The molecule has 0 amide bonds. The molecule has 3 aromatic carbocycles. The Bertz CT molecular complexity index is 1340. The quantitative estimate of drug-likeness (QED) is 0.555. The number of benzene rings is 3. The number of methoxy groups -OCH3 is 1. The number of fused-ring (bicyclic) bond motifs is 4. The molecule has 1 unspecified atom stereocenters. The van der Waals surface area contributed by atoms with Crippen molar-refractivity contribution in [3.05, 3.63) is 60.2 Å². The standard InChI is InChI=1S/C26H29N3O4S/c1-32-25-11-8-19-5-2-3-6-21(19)22(25)18-29-24-17-20(34(30,31)27-13-15-33-16-14-27)9-10-23(24)28-12-4-7-26(28)29/h2-3,5-6,8-11,17,26H,4,7,12-16,18H2,1H3. The van der Waals surface area contributed by atoms with Crippen LogP contribution in [-0.2, 0) is 21.3 Å². The number of anilines is 2. The van der Waals surface area contributed by atoms with Crippen LogP contribution in [0.4, 0.5) is 11.4 Å². The highest BCUT2D eigenvalue weighted by atomic mass is 32.2. The Balaban J connectivity index is 1.43. The largest absolute Gasteiger partial charge is 0.496 e. The van der Waals surface area contributed by atoms with E-state index in [1.165, 1.54) is 9.69 Å². The van der Waals surface area contributed by atoms with Gasteiger partial charge in [0.25, 0.3) is 0 Å². The van der Waals surface area contributed by atoms with Gasteiger partial charge in [0.15, 0.2) is 0 Å². The molecule has 3 heterocycles. The second-order valence-electron chi connectivity index (χ2n) is 9.08. The van der Waals surface area contributed by atoms with E-state index < -0.39 is 10.0 Å². The fourth-order valence-electron chi connectivity index (χ4n) is 5.62. The number of hydrogen-bond donors (Lipinski definition) is 0. The third kappa shape index (κ3) is 3.43. The maximum atomic E-state index is 13.4. The van der Waals surface area contributed by atoms with Crippen molar-refractivity contribution in [2.24, 2.45) is 0 Å². The Kier molecular flexibility index (Phi) is 5.39. The van der Waals surface area contributed by atoms with E-state index in [2.05, 4.69) is 34.1 Å². The lowest BCUT2D eigenvalue weighted by atomic mass is 10.0. The summed E-state index contributed by atoms with van der Waals surface area (Å²) >= 11 is 0. The summed E-state index contributed by atoms with van der Waals surface area (Å²) in [5.74, 6) is 0.855. The van der Waals surface area contributed by atoms with Crippen molar-refractivity contribution in [2.75, 3.05) is 49.8 Å². The van der Waals surface area contributed by atoms with Crippen LogP contribution in [0.1, 0.15) is 18.4 Å². The number of ether oxygens (including phenoxy) is 2. The highest BCUT2D eigenvalue weighted by Gasteiger charge is 2.40. The Morgan fingerprint density at radius 2 is 1.82 bits per heavy atom. The van der Waals surface area contributed by atoms with Crippen LogP contribution in [0.5, 0.6) is 5.75 Å². The highest BCUT2D eigenvalue weighted by Crippen LogP contribution is 2.46. The summed E-state index contributed by atoms with van der Waals surface area (Å²) in [5, 5.41) is 2.33. The number of morpholine rings is 1. The summed E-state index contributed by atoms with van der Waals surface area (Å²) in [6.07, 6.45) is 2.40. The van der Waals surface area contributed by atoms with Gasteiger partial charge in [-0.3, -0.25) is 0 Å². The minimum absolute atomic E-state index is 0.222. The maximum absolute atomic E-state index is 13.4. The molecule has 3 aromatic rings. The van der Waals surface area contributed by atoms with Gasteiger partial charge in [0.1, 0.15) is 11.9 Å². The topological polar surface area (TPSA) is 62.3 Å². The first-order chi connectivity index (χ1) is 16.6. The van der Waals surface area contributed by atoms with E-state index in [1.54, 1.807) is 13.2 Å². The Hall–Kier alpha value is -2.81. The van der Waals surface area contributed by atoms with Crippen LogP contribution in [0.2, 0.25) is 0 Å². The Labute approximate surface area is 200 Å². The molecule has 0 spiro atoms. The van der Waals surface area contributed by atoms with Gasteiger partial charge in [0.2, 0.25) is 10.0 Å². The molecule has 3 aliphatic rings. The normalized spacial score (nSPS) is 20.6. The summed E-state index contributed by atoms with van der Waals surface area (Å²) in [7, 11) is -1.86. The first-order valence-electron chi connectivity index (χ1n) is 11.9. The van der Waals surface area contributed by atoms with E-state index in [0.29, 0.717) is 37.7 Å². The minimum Gasteiger partial charge on any atom is -0.496 e. The van der Waals surface area contributed by atoms with Gasteiger partial charge in [0.05, 0.1) is 36.6 Å². The molecule has 178 valence electrons. The molecule has 7 nitrogen and oxygen atoms in total. The zero-order valence-corrected chi connectivity index (χ0v) is 20.1. The van der Waals surface area contributed by atoms with E-state index in [0.717, 1.165) is 47.5 Å². The van der Waals surface area contributed by atoms with E-state index >= 15 is 0 Å². The minimum atomic E-state index is -3.57. The first-order valence-corrected chi connectivity index (χ1v) is 13.3. The van der Waals surface area contributed by atoms with Crippen molar-refractivity contribution >= 4 is 32.2 Å². The van der Waals surface area contributed by atoms with E-state index in [9.17, 15) is 8.42 Å². The summed E-state index contributed by atoms with van der Waals surface area (Å²) in [6, 6.07) is 18.1. The van der Waals surface area contributed by atoms with E-state index in [1.807, 2.05) is 24.3 Å². The second-order valence-corrected chi connectivity index (χ2v) is 11.0. The van der Waals surface area contributed by atoms with Gasteiger partial charge in [-0.1, -0.05) is 30.3 Å². The molecule has 1 atom stereocenters. The molecule has 2 saturated heterocycles. The van der Waals surface area contributed by atoms with Crippen LogP contribution in [0.25, 0.3) is 10.8 Å². The third-order valence-corrected chi connectivity index (χ3v) is 9.20. The van der Waals surface area contributed by atoms with Gasteiger partial charge in [-0.05, 0) is 47.9 Å². The van der Waals surface area contributed by atoms with Crippen molar-refractivity contribution in [1.29, 1.82) is 0 Å².